The second-order valence-electron chi connectivity index (χ2n) is 8.18. The van der Waals surface area contributed by atoms with E-state index in [-0.39, 0.29) is 11.5 Å². The van der Waals surface area contributed by atoms with Crippen LogP contribution in [0.4, 0.5) is 5.82 Å². The number of likely N-dealkylation sites (N-methyl/N-ethyl adjacent to an activating group) is 1. The summed E-state index contributed by atoms with van der Waals surface area (Å²) in [6.07, 6.45) is 4.62. The average Bonchev–Trinajstić information content (AvgIpc) is 2.90. The number of aromatic nitrogens is 2. The Labute approximate surface area is 179 Å². The van der Waals surface area contributed by atoms with Gasteiger partial charge in [0.15, 0.2) is 0 Å². The number of hydrogen-bond donors (Lipinski definition) is 0. The number of carbonyl (C=O) groups is 1. The number of pyridine rings is 1. The Kier molecular flexibility index (Phi) is 5.25. The van der Waals surface area contributed by atoms with Gasteiger partial charge in [-0.25, -0.2) is 4.98 Å². The molecule has 0 radical (unpaired) electrons. The minimum Gasteiger partial charge on any atom is -0.355 e. The molecule has 1 amide bonds. The fourth-order valence-corrected chi connectivity index (χ4v) is 5.29. The van der Waals surface area contributed by atoms with Gasteiger partial charge in [-0.05, 0) is 42.9 Å². The molecule has 2 atom stereocenters. The Morgan fingerprint density at radius 2 is 1.90 bits per heavy atom. The van der Waals surface area contributed by atoms with E-state index in [0.717, 1.165) is 25.1 Å². The van der Waals surface area contributed by atoms with Crippen LogP contribution in [-0.2, 0) is 4.79 Å². The van der Waals surface area contributed by atoms with E-state index >= 15 is 0 Å². The fraction of sp³-hybridized carbons (Fsp3) is 0.429. The highest BCUT2D eigenvalue weighted by molar-refractivity contribution is 8.26. The maximum atomic E-state index is 13.4. The van der Waals surface area contributed by atoms with Gasteiger partial charge in [-0.3, -0.25) is 18.9 Å². The van der Waals surface area contributed by atoms with Crippen LogP contribution in [-0.4, -0.2) is 44.6 Å². The number of thioether (sulfide) groups is 1. The van der Waals surface area contributed by atoms with Crippen LogP contribution in [0.2, 0.25) is 0 Å². The first kappa shape index (κ1) is 20.1. The zero-order valence-electron chi connectivity index (χ0n) is 17.0. The average molecular weight is 429 g/mol. The molecule has 2 aliphatic heterocycles. The molecular formula is C21H24N4O2S2. The number of fused-ring (bicyclic) bond motifs is 1. The van der Waals surface area contributed by atoms with Gasteiger partial charge in [0.1, 0.15) is 15.8 Å². The topological polar surface area (TPSA) is 57.9 Å². The third kappa shape index (κ3) is 3.71. The SMILES string of the molecule is Cc1ccc2nc(N3CC(C)CC(C)C3)c(/C=C3\SC(=S)N(C)C3=O)c(=O)n2c1. The first-order valence-electron chi connectivity index (χ1n) is 9.74. The van der Waals surface area contributed by atoms with Gasteiger partial charge in [0, 0.05) is 26.3 Å². The maximum absolute atomic E-state index is 13.4. The fourth-order valence-electron chi connectivity index (χ4n) is 4.13. The highest BCUT2D eigenvalue weighted by Crippen LogP contribution is 2.33. The van der Waals surface area contributed by atoms with Crippen molar-refractivity contribution in [3.8, 4) is 0 Å². The quantitative estimate of drug-likeness (QED) is 0.540. The Balaban J connectivity index is 1.93. The van der Waals surface area contributed by atoms with E-state index in [2.05, 4.69) is 18.7 Å². The van der Waals surface area contributed by atoms with Crippen LogP contribution in [0, 0.1) is 18.8 Å². The van der Waals surface area contributed by atoms with Gasteiger partial charge < -0.3 is 4.90 Å². The van der Waals surface area contributed by atoms with Gasteiger partial charge >= 0.3 is 0 Å². The molecule has 0 N–H and O–H groups in total. The third-order valence-corrected chi connectivity index (χ3v) is 6.90. The zero-order valence-corrected chi connectivity index (χ0v) is 18.6. The Morgan fingerprint density at radius 3 is 2.52 bits per heavy atom. The molecule has 29 heavy (non-hydrogen) atoms. The van der Waals surface area contributed by atoms with Crippen molar-refractivity contribution in [1.29, 1.82) is 0 Å². The number of carbonyl (C=O) groups excluding carboxylic acids is 1. The van der Waals surface area contributed by atoms with E-state index < -0.39 is 0 Å². The molecular weight excluding hydrogens is 404 g/mol. The Bertz CT molecular complexity index is 1100. The summed E-state index contributed by atoms with van der Waals surface area (Å²) in [6.45, 7) is 8.07. The van der Waals surface area contributed by atoms with Gasteiger partial charge in [0.05, 0.1) is 10.5 Å². The summed E-state index contributed by atoms with van der Waals surface area (Å²) in [5.41, 5.74) is 1.87. The predicted molar refractivity (Wildman–Crippen MR) is 122 cm³/mol. The van der Waals surface area contributed by atoms with E-state index in [9.17, 15) is 9.59 Å². The first-order valence-corrected chi connectivity index (χ1v) is 11.0. The molecule has 6 nitrogen and oxygen atoms in total. The van der Waals surface area contributed by atoms with Crippen LogP contribution in [0.1, 0.15) is 31.4 Å². The van der Waals surface area contributed by atoms with Crippen molar-refractivity contribution < 1.29 is 4.79 Å². The molecule has 2 fully saturated rings. The highest BCUT2D eigenvalue weighted by atomic mass is 32.2. The van der Waals surface area contributed by atoms with Gasteiger partial charge in [-0.2, -0.15) is 0 Å². The molecule has 0 spiro atoms. The number of amides is 1. The normalized spacial score (nSPS) is 24.2. The van der Waals surface area contributed by atoms with Crippen LogP contribution >= 0.6 is 24.0 Å². The number of anilines is 1. The predicted octanol–water partition coefficient (Wildman–Crippen LogP) is 3.32. The molecule has 0 saturated carbocycles. The standard InChI is InChI=1S/C21H24N4O2S2/c1-12-5-6-17-22-18(24-9-13(2)7-14(3)10-24)15(19(26)25(17)11-12)8-16-20(27)23(4)21(28)29-16/h5-6,8,11,13-14H,7,9-10H2,1-4H3/b16-8-. The lowest BCUT2D eigenvalue weighted by molar-refractivity contribution is -0.121. The summed E-state index contributed by atoms with van der Waals surface area (Å²) >= 11 is 6.47. The van der Waals surface area contributed by atoms with Gasteiger partial charge in [-0.15, -0.1) is 0 Å². The molecule has 4 heterocycles. The van der Waals surface area contributed by atoms with Crippen LogP contribution < -0.4 is 10.5 Å². The van der Waals surface area contributed by atoms with Gasteiger partial charge in [0.25, 0.3) is 11.5 Å². The lowest BCUT2D eigenvalue weighted by atomic mass is 9.91. The van der Waals surface area contributed by atoms with E-state index in [1.165, 1.54) is 16.7 Å². The highest BCUT2D eigenvalue weighted by Gasteiger charge is 2.31. The van der Waals surface area contributed by atoms with Crippen LogP contribution in [0.3, 0.4) is 0 Å². The second-order valence-corrected chi connectivity index (χ2v) is 9.86. The lowest BCUT2D eigenvalue weighted by Gasteiger charge is -2.36. The van der Waals surface area contributed by atoms with Crippen molar-refractivity contribution >= 4 is 51.7 Å². The minimum absolute atomic E-state index is 0.166. The van der Waals surface area contributed by atoms with E-state index in [1.807, 2.05) is 19.1 Å². The van der Waals surface area contributed by atoms with Crippen molar-refractivity contribution in [2.75, 3.05) is 25.0 Å². The second kappa shape index (κ2) is 7.57. The lowest BCUT2D eigenvalue weighted by Crippen LogP contribution is -2.40. The molecule has 8 heteroatoms. The van der Waals surface area contributed by atoms with E-state index in [1.54, 1.807) is 23.7 Å². The summed E-state index contributed by atoms with van der Waals surface area (Å²) < 4.78 is 2.06. The minimum atomic E-state index is -0.180. The van der Waals surface area contributed by atoms with Crippen molar-refractivity contribution in [3.05, 3.63) is 44.7 Å². The van der Waals surface area contributed by atoms with Gasteiger partial charge in [-0.1, -0.05) is 43.9 Å². The van der Waals surface area contributed by atoms with E-state index in [4.69, 9.17) is 17.2 Å². The van der Waals surface area contributed by atoms with Crippen molar-refractivity contribution in [3.63, 3.8) is 0 Å². The molecule has 0 bridgehead atoms. The van der Waals surface area contributed by atoms with Crippen molar-refractivity contribution in [2.24, 2.45) is 11.8 Å². The largest absolute Gasteiger partial charge is 0.355 e. The monoisotopic (exact) mass is 428 g/mol. The summed E-state index contributed by atoms with van der Waals surface area (Å²) in [5, 5.41) is 0. The summed E-state index contributed by atoms with van der Waals surface area (Å²) in [7, 11) is 1.66. The first-order chi connectivity index (χ1) is 13.7. The number of aryl methyl sites for hydroxylation is 1. The van der Waals surface area contributed by atoms with Crippen LogP contribution in [0.25, 0.3) is 11.7 Å². The third-order valence-electron chi connectivity index (χ3n) is 5.42. The molecule has 4 rings (SSSR count). The number of thiocarbonyl (C=S) groups is 1. The molecule has 2 aromatic rings. The maximum Gasteiger partial charge on any atom is 0.267 e. The van der Waals surface area contributed by atoms with Crippen LogP contribution in [0.15, 0.2) is 28.0 Å². The van der Waals surface area contributed by atoms with Crippen molar-refractivity contribution in [2.45, 2.75) is 27.2 Å². The molecule has 2 saturated heterocycles. The summed E-state index contributed by atoms with van der Waals surface area (Å²) in [6, 6.07) is 3.82. The van der Waals surface area contributed by atoms with E-state index in [0.29, 0.717) is 38.1 Å². The molecule has 152 valence electrons. The molecule has 0 aliphatic carbocycles. The van der Waals surface area contributed by atoms with Crippen molar-refractivity contribution in [1.82, 2.24) is 14.3 Å². The summed E-state index contributed by atoms with van der Waals surface area (Å²) in [4.78, 5) is 34.9. The molecule has 0 aromatic carbocycles. The molecule has 2 unspecified atom stereocenters. The zero-order chi connectivity index (χ0) is 20.9. The number of hydrogen-bond acceptors (Lipinski definition) is 6. The number of nitrogens with zero attached hydrogens (tertiary/aromatic N) is 4. The smallest absolute Gasteiger partial charge is 0.267 e. The Hall–Kier alpha value is -2.19. The number of rotatable bonds is 2. The Morgan fingerprint density at radius 1 is 1.21 bits per heavy atom. The molecule has 2 aromatic heterocycles. The van der Waals surface area contributed by atoms with Gasteiger partial charge in [0.2, 0.25) is 0 Å². The molecule has 2 aliphatic rings. The summed E-state index contributed by atoms with van der Waals surface area (Å²) in [5.74, 6) is 1.50. The van der Waals surface area contributed by atoms with Crippen LogP contribution in [0.5, 0.6) is 0 Å². The number of piperidine rings is 1.